The molecule has 0 aromatic carbocycles. The predicted octanol–water partition coefficient (Wildman–Crippen LogP) is 1.41. The molecule has 19 heavy (non-hydrogen) atoms. The molecule has 6 heteroatoms. The summed E-state index contributed by atoms with van der Waals surface area (Å²) in [7, 11) is 1.60. The van der Waals surface area contributed by atoms with E-state index in [2.05, 4.69) is 10.5 Å². The van der Waals surface area contributed by atoms with Crippen LogP contribution < -0.4 is 5.32 Å². The molecule has 0 aliphatic heterocycles. The Bertz CT molecular complexity index is 419. The van der Waals surface area contributed by atoms with Gasteiger partial charge in [-0.05, 0) is 25.3 Å². The fourth-order valence-electron chi connectivity index (χ4n) is 2.64. The van der Waals surface area contributed by atoms with Crippen molar-refractivity contribution in [2.75, 3.05) is 13.7 Å². The van der Waals surface area contributed by atoms with Gasteiger partial charge in [0.15, 0.2) is 5.76 Å². The van der Waals surface area contributed by atoms with Gasteiger partial charge in [0.1, 0.15) is 6.61 Å². The lowest BCUT2D eigenvalue weighted by molar-refractivity contribution is -0.142. The minimum Gasteiger partial charge on any atom is -0.481 e. The Hall–Kier alpha value is -1.40. The monoisotopic (exact) mass is 268 g/mol. The second kappa shape index (κ2) is 6.68. The fourth-order valence-corrected chi connectivity index (χ4v) is 2.64. The molecule has 1 aromatic rings. The minimum atomic E-state index is -0.673. The van der Waals surface area contributed by atoms with Crippen LogP contribution in [0.1, 0.15) is 30.7 Å². The number of nitrogens with one attached hydrogen (secondary N) is 1. The van der Waals surface area contributed by atoms with E-state index in [9.17, 15) is 4.79 Å². The molecule has 0 spiro atoms. The topological polar surface area (TPSA) is 84.6 Å². The molecule has 1 fully saturated rings. The maximum atomic E-state index is 11.1. The molecule has 1 aliphatic rings. The quantitative estimate of drug-likeness (QED) is 0.778. The second-order valence-corrected chi connectivity index (χ2v) is 4.98. The second-order valence-electron chi connectivity index (χ2n) is 4.98. The zero-order valence-electron chi connectivity index (χ0n) is 11.1. The SMILES string of the molecule is COCc1cc(CNCC2CCCC2C(=O)O)no1. The van der Waals surface area contributed by atoms with Crippen molar-refractivity contribution in [1.82, 2.24) is 10.5 Å². The molecule has 0 amide bonds. The Morgan fingerprint density at radius 1 is 1.63 bits per heavy atom. The Kier molecular flexibility index (Phi) is 4.93. The van der Waals surface area contributed by atoms with Crippen LogP contribution in [0.5, 0.6) is 0 Å². The van der Waals surface area contributed by atoms with Crippen molar-refractivity contribution in [3.05, 3.63) is 17.5 Å². The number of aromatic nitrogens is 1. The summed E-state index contributed by atoms with van der Waals surface area (Å²) in [5, 5.41) is 16.3. The Morgan fingerprint density at radius 3 is 3.21 bits per heavy atom. The first kappa shape index (κ1) is 14.0. The average molecular weight is 268 g/mol. The van der Waals surface area contributed by atoms with Crippen LogP contribution in [-0.4, -0.2) is 29.9 Å². The molecular formula is C13H20N2O4. The van der Waals surface area contributed by atoms with Crippen molar-refractivity contribution < 1.29 is 19.2 Å². The normalized spacial score (nSPS) is 22.8. The molecule has 1 aliphatic carbocycles. The van der Waals surface area contributed by atoms with Crippen molar-refractivity contribution in [1.29, 1.82) is 0 Å². The number of hydrogen-bond donors (Lipinski definition) is 2. The number of rotatable bonds is 7. The largest absolute Gasteiger partial charge is 0.481 e. The minimum absolute atomic E-state index is 0.200. The summed E-state index contributed by atoms with van der Waals surface area (Å²) in [6.45, 7) is 1.72. The fraction of sp³-hybridized carbons (Fsp3) is 0.692. The molecule has 2 rings (SSSR count). The van der Waals surface area contributed by atoms with Gasteiger partial charge in [0.05, 0.1) is 11.6 Å². The van der Waals surface area contributed by atoms with Crippen LogP contribution in [0.2, 0.25) is 0 Å². The molecule has 2 N–H and O–H groups in total. The Balaban J connectivity index is 1.75. The number of aliphatic carboxylic acids is 1. The van der Waals surface area contributed by atoms with Gasteiger partial charge < -0.3 is 19.7 Å². The molecule has 1 heterocycles. The third-order valence-electron chi connectivity index (χ3n) is 3.58. The molecule has 0 radical (unpaired) electrons. The summed E-state index contributed by atoms with van der Waals surface area (Å²) in [6, 6.07) is 1.85. The molecule has 0 saturated heterocycles. The maximum Gasteiger partial charge on any atom is 0.306 e. The molecule has 106 valence electrons. The van der Waals surface area contributed by atoms with E-state index in [-0.39, 0.29) is 11.8 Å². The number of carboxylic acid groups (broad SMARTS) is 1. The van der Waals surface area contributed by atoms with Crippen LogP contribution in [0.3, 0.4) is 0 Å². The van der Waals surface area contributed by atoms with Gasteiger partial charge in [0, 0.05) is 19.7 Å². The molecule has 6 nitrogen and oxygen atoms in total. The number of methoxy groups -OCH3 is 1. The van der Waals surface area contributed by atoms with E-state index < -0.39 is 5.97 Å². The zero-order chi connectivity index (χ0) is 13.7. The highest BCUT2D eigenvalue weighted by Crippen LogP contribution is 2.31. The summed E-state index contributed by atoms with van der Waals surface area (Å²) in [4.78, 5) is 11.1. The maximum absolute atomic E-state index is 11.1. The third-order valence-corrected chi connectivity index (χ3v) is 3.58. The van der Waals surface area contributed by atoms with Crippen molar-refractivity contribution in [2.24, 2.45) is 11.8 Å². The van der Waals surface area contributed by atoms with Crippen LogP contribution in [0, 0.1) is 11.8 Å². The predicted molar refractivity (Wildman–Crippen MR) is 67.4 cm³/mol. The Labute approximate surface area is 112 Å². The summed E-state index contributed by atoms with van der Waals surface area (Å²) in [6.07, 6.45) is 2.78. The van der Waals surface area contributed by atoms with Gasteiger partial charge in [0.25, 0.3) is 0 Å². The molecule has 0 bridgehead atoms. The van der Waals surface area contributed by atoms with E-state index in [1.165, 1.54) is 0 Å². The first-order chi connectivity index (χ1) is 9.20. The van der Waals surface area contributed by atoms with Gasteiger partial charge in [-0.1, -0.05) is 11.6 Å². The summed E-state index contributed by atoms with van der Waals surface area (Å²) >= 11 is 0. The van der Waals surface area contributed by atoms with Crippen molar-refractivity contribution in [2.45, 2.75) is 32.4 Å². The molecule has 2 unspecified atom stereocenters. The van der Waals surface area contributed by atoms with Crippen LogP contribution in [0.15, 0.2) is 10.6 Å². The van der Waals surface area contributed by atoms with Crippen molar-refractivity contribution in [3.8, 4) is 0 Å². The zero-order valence-corrected chi connectivity index (χ0v) is 11.1. The summed E-state index contributed by atoms with van der Waals surface area (Å²) in [5.41, 5.74) is 0.817. The van der Waals surface area contributed by atoms with Crippen LogP contribution in [-0.2, 0) is 22.7 Å². The first-order valence-corrected chi connectivity index (χ1v) is 6.57. The Morgan fingerprint density at radius 2 is 2.47 bits per heavy atom. The smallest absolute Gasteiger partial charge is 0.306 e. The number of nitrogens with zero attached hydrogens (tertiary/aromatic N) is 1. The highest BCUT2D eigenvalue weighted by molar-refractivity contribution is 5.70. The van der Waals surface area contributed by atoms with E-state index in [4.69, 9.17) is 14.4 Å². The third kappa shape index (κ3) is 3.78. The molecule has 1 saturated carbocycles. The number of hydrogen-bond acceptors (Lipinski definition) is 5. The van der Waals surface area contributed by atoms with E-state index >= 15 is 0 Å². The molecule has 2 atom stereocenters. The highest BCUT2D eigenvalue weighted by Gasteiger charge is 2.32. The summed E-state index contributed by atoms with van der Waals surface area (Å²) in [5.74, 6) is 0.0494. The van der Waals surface area contributed by atoms with E-state index in [1.54, 1.807) is 7.11 Å². The van der Waals surface area contributed by atoms with Crippen LogP contribution >= 0.6 is 0 Å². The first-order valence-electron chi connectivity index (χ1n) is 6.57. The van der Waals surface area contributed by atoms with Crippen molar-refractivity contribution in [3.63, 3.8) is 0 Å². The lowest BCUT2D eigenvalue weighted by Gasteiger charge is -2.15. The van der Waals surface area contributed by atoms with Crippen LogP contribution in [0.4, 0.5) is 0 Å². The average Bonchev–Trinajstić information content (AvgIpc) is 2.99. The number of carboxylic acids is 1. The van der Waals surface area contributed by atoms with Crippen LogP contribution in [0.25, 0.3) is 0 Å². The molecular weight excluding hydrogens is 248 g/mol. The van der Waals surface area contributed by atoms with E-state index in [1.807, 2.05) is 6.07 Å². The van der Waals surface area contributed by atoms with Gasteiger partial charge in [-0.25, -0.2) is 0 Å². The van der Waals surface area contributed by atoms with Gasteiger partial charge in [-0.2, -0.15) is 0 Å². The summed E-state index contributed by atoms with van der Waals surface area (Å²) < 4.78 is 10.0. The molecule has 1 aromatic heterocycles. The highest BCUT2D eigenvalue weighted by atomic mass is 16.5. The van der Waals surface area contributed by atoms with E-state index in [0.29, 0.717) is 25.5 Å². The lowest BCUT2D eigenvalue weighted by Crippen LogP contribution is -2.28. The van der Waals surface area contributed by atoms with Gasteiger partial charge in [0.2, 0.25) is 0 Å². The number of carbonyl (C=O) groups is 1. The van der Waals surface area contributed by atoms with Gasteiger partial charge in [-0.15, -0.1) is 0 Å². The van der Waals surface area contributed by atoms with E-state index in [0.717, 1.165) is 25.0 Å². The lowest BCUT2D eigenvalue weighted by atomic mass is 9.96. The van der Waals surface area contributed by atoms with Gasteiger partial charge >= 0.3 is 5.97 Å². The number of ether oxygens (including phenoxy) is 1. The van der Waals surface area contributed by atoms with Crippen molar-refractivity contribution >= 4 is 5.97 Å². The standard InChI is InChI=1S/C13H20N2O4/c1-18-8-11-5-10(15-19-11)7-14-6-9-3-2-4-12(9)13(16)17/h5,9,12,14H,2-4,6-8H2,1H3,(H,16,17). The van der Waals surface area contributed by atoms with Gasteiger partial charge in [-0.3, -0.25) is 4.79 Å².